The number of phenolic OH excluding ortho intramolecular Hbond substituents is 1. The third kappa shape index (κ3) is 18.8. The summed E-state index contributed by atoms with van der Waals surface area (Å²) in [6.45, 7) is 2.06. The standard InChI is InChI=1S/C65H97N11O20S2/c1-35-31-76-55(56(35)85)60(89)68-30-44(80)27-46(67-29-37-9-12-39(13-10-37)61-72-73-62(97-61)40-14-16-43(17-15-40)74-23-20-65(95-3,21-24-74)41-7-5-4-6-8-41)57(86)69-52(36(2)79)63(90)75-32-45(81)28-47(75)58(87)70-53(50(84)25-38-11-18-48(82)51(26-38)96-98(92,93)94)59(88)71-54(64(76)91)49(83)19-22-66-42(33-77)34-78/h11,14-18,26,35-37,39,41-42,44-47,49-50,52-56,66-67,77-85H,4-10,12-13,19-25,27-34H2,1-3H3,(H,68,89)(H,69,86)(H,70,87)(H,71,88)(H,92,93,94)/t35-,36+,37?,39?,44+,45+,46?,47-,49+,50+,52-,53-,54-,55-,56-/m0/s1. The molecule has 4 aliphatic heterocycles. The molecule has 0 spiro atoms. The van der Waals surface area contributed by atoms with E-state index < -0.39 is 194 Å². The first-order valence-electron chi connectivity index (χ1n) is 34.0. The fourth-order valence-corrected chi connectivity index (χ4v) is 16.2. The molecule has 544 valence electrons. The third-order valence-electron chi connectivity index (χ3n) is 20.6. The van der Waals surface area contributed by atoms with Crippen LogP contribution in [0.3, 0.4) is 0 Å². The fourth-order valence-electron chi connectivity index (χ4n) is 14.8. The highest BCUT2D eigenvalue weighted by atomic mass is 32.3. The maximum absolute atomic E-state index is 15.0. The zero-order valence-electron chi connectivity index (χ0n) is 55.4. The molecule has 0 radical (unpaired) electrons. The number of carbonyl (C=O) groups is 6. The number of carbonyl (C=O) groups excluding carboxylic acids is 6. The van der Waals surface area contributed by atoms with Crippen LogP contribution in [-0.2, 0) is 50.3 Å². The van der Waals surface area contributed by atoms with E-state index in [2.05, 4.69) is 75.4 Å². The number of aromatic hydroxyl groups is 1. The summed E-state index contributed by atoms with van der Waals surface area (Å²) in [7, 11) is -3.35. The van der Waals surface area contributed by atoms with Crippen molar-refractivity contribution >= 4 is 62.9 Å². The molecule has 33 heteroatoms. The second-order valence-electron chi connectivity index (χ2n) is 27.4. The van der Waals surface area contributed by atoms with Gasteiger partial charge in [-0.05, 0) is 138 Å². The van der Waals surface area contributed by atoms with Gasteiger partial charge in [-0.25, -0.2) is 0 Å². The Hall–Kier alpha value is -6.31. The molecule has 5 heterocycles. The highest BCUT2D eigenvalue weighted by Crippen LogP contribution is 2.43. The van der Waals surface area contributed by atoms with Crippen LogP contribution in [0.15, 0.2) is 42.5 Å². The van der Waals surface area contributed by atoms with Crippen molar-refractivity contribution < 1.29 is 96.6 Å². The highest BCUT2D eigenvalue weighted by Gasteiger charge is 2.50. The van der Waals surface area contributed by atoms with E-state index in [1.165, 1.54) is 46.0 Å². The van der Waals surface area contributed by atoms with Gasteiger partial charge in [0.1, 0.15) is 40.2 Å². The molecule has 6 fully saturated rings. The number of aromatic nitrogens is 2. The number of rotatable bonds is 21. The number of amides is 6. The van der Waals surface area contributed by atoms with Gasteiger partial charge in [-0.3, -0.25) is 33.3 Å². The molecule has 3 aromatic rings. The first-order valence-corrected chi connectivity index (χ1v) is 36.2. The minimum absolute atomic E-state index is 0.000583. The number of β-amino-alcohol motifs (C(OH)–C–C–N with tert-alkyl or cyclic N) is 1. The predicted molar refractivity (Wildman–Crippen MR) is 354 cm³/mol. The Kier molecular flexibility index (Phi) is 26.3. The number of aliphatic hydroxyl groups is 8. The number of hydrogen-bond acceptors (Lipinski definition) is 25. The van der Waals surface area contributed by atoms with Gasteiger partial charge in [-0.15, -0.1) is 10.2 Å². The topological polar surface area (TPSA) is 465 Å². The third-order valence-corrected chi connectivity index (χ3v) is 22.1. The van der Waals surface area contributed by atoms with Gasteiger partial charge in [0.2, 0.25) is 35.4 Å². The van der Waals surface area contributed by atoms with Crippen molar-refractivity contribution in [2.24, 2.45) is 17.8 Å². The lowest BCUT2D eigenvalue weighted by Crippen LogP contribution is -2.64. The lowest BCUT2D eigenvalue weighted by molar-refractivity contribution is -0.147. The molecule has 1 unspecified atom stereocenters. The molecule has 2 aromatic carbocycles. The van der Waals surface area contributed by atoms with E-state index in [0.717, 1.165) is 88.0 Å². The Morgan fingerprint density at radius 1 is 0.765 bits per heavy atom. The summed E-state index contributed by atoms with van der Waals surface area (Å²) in [5.74, 6) is -8.41. The molecule has 98 heavy (non-hydrogen) atoms. The molecule has 2 aliphatic carbocycles. The quantitative estimate of drug-likeness (QED) is 0.0517. The SMILES string of the molecule is COC1(C2CCCCC2)CCN(c2ccc(-c3nnc(C4CCC(CNC5C[C@@H](O)CNC(=O)[C@@H]6[C@@H](O)[C@@H](C)CN6C(=O)[C@H]([C@H](O)CCNC(CO)CO)NC(=O)[C@H]([C@H](O)Cc6ccc(O)c(OS(=O)(=O)O)c6)NC(=O)[C@@H]6C[C@@H](O)CN6C(=O)[C@H]([C@@H](C)O)NC5=O)CC4)s3)cc2)CC1. The zero-order valence-corrected chi connectivity index (χ0v) is 57.1. The number of nitrogens with zero attached hydrogens (tertiary/aromatic N) is 5. The van der Waals surface area contributed by atoms with Crippen molar-refractivity contribution in [2.45, 2.75) is 201 Å². The van der Waals surface area contributed by atoms with Gasteiger partial charge in [0, 0.05) is 75.8 Å². The Balaban J connectivity index is 0.929. The van der Waals surface area contributed by atoms with E-state index in [1.54, 1.807) is 11.3 Å². The van der Waals surface area contributed by atoms with E-state index in [4.69, 9.17) is 4.74 Å². The number of aliphatic hydroxyl groups excluding tert-OH is 8. The summed E-state index contributed by atoms with van der Waals surface area (Å²) >= 11 is 1.55. The molecule has 16 N–H and O–H groups in total. The van der Waals surface area contributed by atoms with Gasteiger partial charge < -0.3 is 101 Å². The molecule has 13 atom stereocenters. The highest BCUT2D eigenvalue weighted by molar-refractivity contribution is 7.81. The minimum Gasteiger partial charge on any atom is -0.504 e. The number of fused-ring (bicyclic) bond motifs is 2. The molecule has 9 rings (SSSR count). The van der Waals surface area contributed by atoms with Gasteiger partial charge in [-0.2, -0.15) is 8.42 Å². The van der Waals surface area contributed by atoms with Gasteiger partial charge in [0.25, 0.3) is 0 Å². The van der Waals surface area contributed by atoms with Crippen molar-refractivity contribution in [2.75, 3.05) is 71.0 Å². The molecule has 0 bridgehead atoms. The fraction of sp³-hybridized carbons (Fsp3) is 0.692. The Morgan fingerprint density at radius 2 is 1.43 bits per heavy atom. The number of nitrogens with one attached hydrogen (secondary N) is 6. The Labute approximate surface area is 573 Å². The molecule has 2 saturated carbocycles. The average Bonchev–Trinajstić information content (AvgIpc) is 1.55. The van der Waals surface area contributed by atoms with Crippen LogP contribution in [0.2, 0.25) is 0 Å². The van der Waals surface area contributed by atoms with E-state index in [0.29, 0.717) is 18.8 Å². The molecule has 6 amide bonds. The summed E-state index contributed by atoms with van der Waals surface area (Å²) in [6.07, 6.45) is -1.01. The first kappa shape index (κ1) is 75.9. The van der Waals surface area contributed by atoms with Crippen molar-refractivity contribution in [1.82, 2.24) is 51.9 Å². The van der Waals surface area contributed by atoms with Gasteiger partial charge >= 0.3 is 10.4 Å². The van der Waals surface area contributed by atoms with Crippen LogP contribution in [0.5, 0.6) is 11.5 Å². The van der Waals surface area contributed by atoms with Crippen LogP contribution < -0.4 is 41.0 Å². The van der Waals surface area contributed by atoms with Gasteiger partial charge in [0.15, 0.2) is 11.5 Å². The number of methoxy groups -OCH3 is 1. The van der Waals surface area contributed by atoms with Crippen molar-refractivity contribution in [3.8, 4) is 22.1 Å². The Morgan fingerprint density at radius 3 is 2.08 bits per heavy atom. The van der Waals surface area contributed by atoms with Gasteiger partial charge in [0.05, 0.1) is 67.5 Å². The lowest BCUT2D eigenvalue weighted by atomic mass is 9.72. The van der Waals surface area contributed by atoms with Crippen LogP contribution in [0, 0.1) is 17.8 Å². The molecule has 31 nitrogen and oxygen atoms in total. The summed E-state index contributed by atoms with van der Waals surface area (Å²) in [5, 5.41) is 126. The summed E-state index contributed by atoms with van der Waals surface area (Å²) in [5.41, 5.74) is 1.99. The second kappa shape index (κ2) is 33.9. The Bertz CT molecular complexity index is 3310. The maximum atomic E-state index is 15.0. The number of ether oxygens (including phenoxy) is 1. The molecule has 6 aliphatic rings. The van der Waals surface area contributed by atoms with Crippen molar-refractivity contribution in [1.29, 1.82) is 0 Å². The molecular weight excluding hydrogens is 1320 g/mol. The predicted octanol–water partition coefficient (Wildman–Crippen LogP) is -1.93. The second-order valence-corrected chi connectivity index (χ2v) is 29.4. The monoisotopic (exact) mass is 1420 g/mol. The summed E-state index contributed by atoms with van der Waals surface area (Å²) < 4.78 is 43.4. The van der Waals surface area contributed by atoms with E-state index in [-0.39, 0.29) is 42.6 Å². The summed E-state index contributed by atoms with van der Waals surface area (Å²) in [6, 6.07) is -0.318. The van der Waals surface area contributed by atoms with Crippen LogP contribution in [0.1, 0.15) is 120 Å². The maximum Gasteiger partial charge on any atom is 0.446 e. The van der Waals surface area contributed by atoms with Crippen molar-refractivity contribution in [3.05, 3.63) is 53.0 Å². The van der Waals surface area contributed by atoms with Crippen molar-refractivity contribution in [3.63, 3.8) is 0 Å². The number of hydrogen-bond donors (Lipinski definition) is 16. The number of piperidine rings is 1. The van der Waals surface area contributed by atoms with E-state index in [9.17, 15) is 87.7 Å². The zero-order chi connectivity index (χ0) is 70.8. The number of phenols is 1. The average molecular weight is 1420 g/mol. The van der Waals surface area contributed by atoms with Crippen LogP contribution >= 0.6 is 11.3 Å². The minimum atomic E-state index is -5.22. The van der Waals surface area contributed by atoms with Crippen LogP contribution in [0.4, 0.5) is 5.69 Å². The normalized spacial score (nSPS) is 29.4. The van der Waals surface area contributed by atoms with Crippen LogP contribution in [0.25, 0.3) is 10.6 Å². The number of anilines is 1. The van der Waals surface area contributed by atoms with E-state index in [1.807, 2.05) is 7.11 Å². The largest absolute Gasteiger partial charge is 0.504 e. The number of benzene rings is 2. The van der Waals surface area contributed by atoms with Gasteiger partial charge in [-0.1, -0.05) is 43.6 Å². The van der Waals surface area contributed by atoms with Crippen LogP contribution in [-0.4, -0.2) is 265 Å². The molecule has 4 saturated heterocycles. The smallest absolute Gasteiger partial charge is 0.446 e. The molecular formula is C65H97N11O20S2. The summed E-state index contributed by atoms with van der Waals surface area (Å²) in [4.78, 5) is 92.5. The lowest BCUT2D eigenvalue weighted by Gasteiger charge is -2.47. The first-order chi connectivity index (χ1) is 46.7. The molecule has 1 aromatic heterocycles. The van der Waals surface area contributed by atoms with E-state index >= 15 is 0 Å².